The van der Waals surface area contributed by atoms with Crippen molar-refractivity contribution in [3.05, 3.63) is 58.6 Å². The molecule has 172 valence electrons. The van der Waals surface area contributed by atoms with Gasteiger partial charge in [0.1, 0.15) is 0 Å². The highest BCUT2D eigenvalue weighted by atomic mass is 32.2. The van der Waals surface area contributed by atoms with Gasteiger partial charge in [0, 0.05) is 48.9 Å². The van der Waals surface area contributed by atoms with E-state index in [1.807, 2.05) is 0 Å². The van der Waals surface area contributed by atoms with Gasteiger partial charge in [0.2, 0.25) is 15.9 Å². The Hall–Kier alpha value is -2.47. The molecule has 3 rings (SSSR count). The molecule has 32 heavy (non-hydrogen) atoms. The Kier molecular flexibility index (Phi) is 7.88. The number of anilines is 1. The van der Waals surface area contributed by atoms with Crippen LogP contribution in [0.2, 0.25) is 0 Å². The fourth-order valence-electron chi connectivity index (χ4n) is 3.32. The van der Waals surface area contributed by atoms with Crippen molar-refractivity contribution in [3.8, 4) is 0 Å². The van der Waals surface area contributed by atoms with Crippen molar-refractivity contribution in [1.29, 1.82) is 0 Å². The first-order valence-corrected chi connectivity index (χ1v) is 12.6. The number of nitrogens with zero attached hydrogens (tertiary/aromatic N) is 3. The second-order valence-electron chi connectivity index (χ2n) is 7.37. The van der Waals surface area contributed by atoms with Crippen molar-refractivity contribution in [3.63, 3.8) is 0 Å². The SMILES string of the molecule is CCN1CCN(S(=O)(=O)c2cccc(NC(=O)C(C)Sc3ccc([N+](=O)[O-])cc3)c2)CC1. The summed E-state index contributed by atoms with van der Waals surface area (Å²) < 4.78 is 27.5. The Bertz CT molecular complexity index is 1070. The third kappa shape index (κ3) is 5.85. The molecule has 1 aliphatic heterocycles. The maximum Gasteiger partial charge on any atom is 0.269 e. The van der Waals surface area contributed by atoms with E-state index in [4.69, 9.17) is 0 Å². The third-order valence-corrected chi connectivity index (χ3v) is 8.25. The monoisotopic (exact) mass is 478 g/mol. The number of carbonyl (C=O) groups excluding carboxylic acids is 1. The summed E-state index contributed by atoms with van der Waals surface area (Å²) in [6.45, 7) is 6.94. The van der Waals surface area contributed by atoms with Crippen molar-refractivity contribution in [2.24, 2.45) is 0 Å². The van der Waals surface area contributed by atoms with Gasteiger partial charge in [0.15, 0.2) is 0 Å². The van der Waals surface area contributed by atoms with Crippen molar-refractivity contribution in [2.45, 2.75) is 28.9 Å². The van der Waals surface area contributed by atoms with Crippen molar-refractivity contribution in [1.82, 2.24) is 9.21 Å². The summed E-state index contributed by atoms with van der Waals surface area (Å²) in [6.07, 6.45) is 0. The van der Waals surface area contributed by atoms with Crippen LogP contribution < -0.4 is 5.32 Å². The summed E-state index contributed by atoms with van der Waals surface area (Å²) in [5.74, 6) is -0.292. The number of thioether (sulfide) groups is 1. The molecule has 1 unspecified atom stereocenters. The van der Waals surface area contributed by atoms with E-state index in [2.05, 4.69) is 17.1 Å². The van der Waals surface area contributed by atoms with Crippen molar-refractivity contribution in [2.75, 3.05) is 38.0 Å². The van der Waals surface area contributed by atoms with Gasteiger partial charge in [-0.05, 0) is 43.8 Å². The molecule has 0 saturated carbocycles. The number of hydrogen-bond donors (Lipinski definition) is 1. The number of carbonyl (C=O) groups is 1. The van der Waals surface area contributed by atoms with E-state index < -0.39 is 20.2 Å². The zero-order valence-electron chi connectivity index (χ0n) is 17.9. The number of amides is 1. The Morgan fingerprint density at radius 2 is 1.81 bits per heavy atom. The predicted molar refractivity (Wildman–Crippen MR) is 124 cm³/mol. The first-order valence-electron chi connectivity index (χ1n) is 10.2. The lowest BCUT2D eigenvalue weighted by Crippen LogP contribution is -2.48. The molecule has 9 nitrogen and oxygen atoms in total. The molecule has 2 aromatic rings. The van der Waals surface area contributed by atoms with E-state index in [1.165, 1.54) is 40.3 Å². The lowest BCUT2D eigenvalue weighted by atomic mass is 10.3. The van der Waals surface area contributed by atoms with Gasteiger partial charge in [0.25, 0.3) is 5.69 Å². The van der Waals surface area contributed by atoms with Crippen LogP contribution in [0.1, 0.15) is 13.8 Å². The van der Waals surface area contributed by atoms with E-state index in [9.17, 15) is 23.3 Å². The van der Waals surface area contributed by atoms with Crippen molar-refractivity contribution >= 4 is 39.1 Å². The zero-order valence-corrected chi connectivity index (χ0v) is 19.6. The summed E-state index contributed by atoms with van der Waals surface area (Å²) in [7, 11) is -3.64. The Balaban J connectivity index is 1.64. The van der Waals surface area contributed by atoms with Crippen LogP contribution in [-0.4, -0.2) is 66.4 Å². The normalized spacial score (nSPS) is 16.4. The number of benzene rings is 2. The Morgan fingerprint density at radius 1 is 1.16 bits per heavy atom. The fraction of sp³-hybridized carbons (Fsp3) is 0.381. The summed E-state index contributed by atoms with van der Waals surface area (Å²) in [4.78, 5) is 26.0. The van der Waals surface area contributed by atoms with E-state index in [1.54, 1.807) is 31.2 Å². The molecule has 1 fully saturated rings. The molecule has 1 N–H and O–H groups in total. The van der Waals surface area contributed by atoms with Crippen LogP contribution in [0.4, 0.5) is 11.4 Å². The highest BCUT2D eigenvalue weighted by Gasteiger charge is 2.28. The molecule has 0 spiro atoms. The molecule has 1 saturated heterocycles. The predicted octanol–water partition coefficient (Wildman–Crippen LogP) is 3.04. The average Bonchev–Trinajstić information content (AvgIpc) is 2.79. The number of nitro benzene ring substituents is 1. The van der Waals surface area contributed by atoms with Gasteiger partial charge < -0.3 is 10.2 Å². The van der Waals surface area contributed by atoms with Gasteiger partial charge in [-0.15, -0.1) is 11.8 Å². The lowest BCUT2D eigenvalue weighted by Gasteiger charge is -2.33. The molecule has 0 aliphatic carbocycles. The van der Waals surface area contributed by atoms with Crippen LogP contribution in [0.15, 0.2) is 58.3 Å². The highest BCUT2D eigenvalue weighted by Crippen LogP contribution is 2.27. The van der Waals surface area contributed by atoms with Crippen molar-refractivity contribution < 1.29 is 18.1 Å². The number of nitrogens with one attached hydrogen (secondary N) is 1. The van der Waals surface area contributed by atoms with E-state index >= 15 is 0 Å². The maximum atomic E-state index is 13.0. The molecule has 1 amide bonds. The number of piperazine rings is 1. The first-order chi connectivity index (χ1) is 15.2. The number of non-ortho nitro benzene ring substituents is 1. The molecule has 0 radical (unpaired) electrons. The molecule has 1 atom stereocenters. The van der Waals surface area contributed by atoms with Gasteiger partial charge in [-0.2, -0.15) is 4.31 Å². The molecule has 11 heteroatoms. The fourth-order valence-corrected chi connectivity index (χ4v) is 5.65. The first kappa shape index (κ1) is 24.2. The Morgan fingerprint density at radius 3 is 2.41 bits per heavy atom. The number of sulfonamides is 1. The molecule has 2 aromatic carbocycles. The molecule has 0 bridgehead atoms. The van der Waals surface area contributed by atoms with E-state index in [0.29, 0.717) is 31.9 Å². The zero-order chi connectivity index (χ0) is 23.3. The molecule has 1 aliphatic rings. The number of rotatable bonds is 8. The summed E-state index contributed by atoms with van der Waals surface area (Å²) >= 11 is 1.26. The average molecular weight is 479 g/mol. The van der Waals surface area contributed by atoms with E-state index in [0.717, 1.165) is 11.4 Å². The van der Waals surface area contributed by atoms with Gasteiger partial charge in [-0.1, -0.05) is 13.0 Å². The van der Waals surface area contributed by atoms with Crippen LogP contribution >= 0.6 is 11.8 Å². The minimum atomic E-state index is -3.64. The summed E-state index contributed by atoms with van der Waals surface area (Å²) in [6, 6.07) is 12.2. The smallest absolute Gasteiger partial charge is 0.269 e. The van der Waals surface area contributed by atoms with Crippen LogP contribution in [0.3, 0.4) is 0 Å². The summed E-state index contributed by atoms with van der Waals surface area (Å²) in [5, 5.41) is 13.0. The van der Waals surface area contributed by atoms with E-state index in [-0.39, 0.29) is 16.5 Å². The minimum absolute atomic E-state index is 0.0133. The van der Waals surface area contributed by atoms with Crippen LogP contribution in [0.25, 0.3) is 0 Å². The minimum Gasteiger partial charge on any atom is -0.325 e. The van der Waals surface area contributed by atoms with Gasteiger partial charge >= 0.3 is 0 Å². The maximum absolute atomic E-state index is 13.0. The quantitative estimate of drug-likeness (QED) is 0.352. The molecular formula is C21H26N4O5S2. The molecule has 0 aromatic heterocycles. The van der Waals surface area contributed by atoms with Gasteiger partial charge in [-0.3, -0.25) is 14.9 Å². The van der Waals surface area contributed by atoms with Gasteiger partial charge in [0.05, 0.1) is 15.1 Å². The second kappa shape index (κ2) is 10.4. The molecule has 1 heterocycles. The number of likely N-dealkylation sites (N-methyl/N-ethyl adjacent to an activating group) is 1. The van der Waals surface area contributed by atoms with Crippen LogP contribution in [0, 0.1) is 10.1 Å². The Labute approximate surface area is 192 Å². The second-order valence-corrected chi connectivity index (χ2v) is 10.7. The highest BCUT2D eigenvalue weighted by molar-refractivity contribution is 8.00. The standard InChI is InChI=1S/C21H26N4O5S2/c1-3-23-11-13-24(14-12-23)32(29,30)20-6-4-5-17(15-20)22-21(26)16(2)31-19-9-7-18(8-10-19)25(27)28/h4-10,15-16H,3,11-14H2,1-2H3,(H,22,26). The lowest BCUT2D eigenvalue weighted by molar-refractivity contribution is -0.384. The largest absolute Gasteiger partial charge is 0.325 e. The third-order valence-electron chi connectivity index (χ3n) is 5.25. The van der Waals surface area contributed by atoms with Gasteiger partial charge in [-0.25, -0.2) is 8.42 Å². The number of hydrogen-bond acceptors (Lipinski definition) is 7. The number of nitro groups is 1. The van der Waals surface area contributed by atoms with Crippen LogP contribution in [-0.2, 0) is 14.8 Å². The molecular weight excluding hydrogens is 452 g/mol. The van der Waals surface area contributed by atoms with Crippen LogP contribution in [0.5, 0.6) is 0 Å². The summed E-state index contributed by atoms with van der Waals surface area (Å²) in [5.41, 5.74) is 0.389. The topological polar surface area (TPSA) is 113 Å².